The van der Waals surface area contributed by atoms with Crippen LogP contribution in [0.1, 0.15) is 43.6 Å². The van der Waals surface area contributed by atoms with E-state index in [0.29, 0.717) is 35.8 Å². The highest BCUT2D eigenvalue weighted by molar-refractivity contribution is 6.02. The van der Waals surface area contributed by atoms with Gasteiger partial charge in [-0.25, -0.2) is 0 Å². The van der Waals surface area contributed by atoms with Crippen molar-refractivity contribution < 1.29 is 19.1 Å². The second-order valence-electron chi connectivity index (χ2n) is 6.95. The normalized spacial score (nSPS) is 10.9. The number of amides is 2. The van der Waals surface area contributed by atoms with Gasteiger partial charge < -0.3 is 19.7 Å². The van der Waals surface area contributed by atoms with E-state index in [1.807, 2.05) is 45.9 Å². The summed E-state index contributed by atoms with van der Waals surface area (Å²) in [7, 11) is 1.58. The molecule has 0 saturated carbocycles. The van der Waals surface area contributed by atoms with Gasteiger partial charge in [0.2, 0.25) is 5.91 Å². The maximum atomic E-state index is 12.3. The molecule has 0 radical (unpaired) electrons. The first-order valence-electron chi connectivity index (χ1n) is 10.1. The number of carbonyl (C=O) groups is 2. The number of hydrogen-bond acceptors (Lipinski definition) is 4. The first-order valence-corrected chi connectivity index (χ1v) is 10.1. The molecule has 0 saturated heterocycles. The average Bonchev–Trinajstić information content (AvgIpc) is 2.74. The maximum absolute atomic E-state index is 12.3. The summed E-state index contributed by atoms with van der Waals surface area (Å²) in [4.78, 5) is 26.3. The SMILES string of the molecule is CCN(CC)C(=O)c1ccc(NC(=O)/C=C/c2ccc(OC(C)C)c(OC)c2)cc1. The van der Waals surface area contributed by atoms with Crippen LogP contribution in [0.4, 0.5) is 5.69 Å². The van der Waals surface area contributed by atoms with Gasteiger partial charge in [-0.3, -0.25) is 9.59 Å². The maximum Gasteiger partial charge on any atom is 0.253 e. The zero-order valence-electron chi connectivity index (χ0n) is 18.3. The lowest BCUT2D eigenvalue weighted by molar-refractivity contribution is -0.111. The van der Waals surface area contributed by atoms with Crippen molar-refractivity contribution in [3.05, 3.63) is 59.7 Å². The molecule has 2 aromatic rings. The molecule has 2 aromatic carbocycles. The molecule has 0 spiro atoms. The van der Waals surface area contributed by atoms with Crippen LogP contribution in [0.2, 0.25) is 0 Å². The van der Waals surface area contributed by atoms with Gasteiger partial charge >= 0.3 is 0 Å². The van der Waals surface area contributed by atoms with Gasteiger partial charge in [-0.05, 0) is 75.7 Å². The van der Waals surface area contributed by atoms with Crippen molar-refractivity contribution >= 4 is 23.6 Å². The number of hydrogen-bond donors (Lipinski definition) is 1. The molecule has 0 aliphatic rings. The summed E-state index contributed by atoms with van der Waals surface area (Å²) >= 11 is 0. The predicted molar refractivity (Wildman–Crippen MR) is 120 cm³/mol. The quantitative estimate of drug-likeness (QED) is 0.613. The molecule has 0 aliphatic heterocycles. The van der Waals surface area contributed by atoms with Gasteiger partial charge in [-0.15, -0.1) is 0 Å². The van der Waals surface area contributed by atoms with E-state index >= 15 is 0 Å². The van der Waals surface area contributed by atoms with Crippen LogP contribution < -0.4 is 14.8 Å². The first kappa shape index (κ1) is 23.0. The topological polar surface area (TPSA) is 67.9 Å². The zero-order chi connectivity index (χ0) is 22.1. The van der Waals surface area contributed by atoms with Crippen LogP contribution in [0.25, 0.3) is 6.08 Å². The number of nitrogens with zero attached hydrogens (tertiary/aromatic N) is 1. The Hall–Kier alpha value is -3.28. The van der Waals surface area contributed by atoms with Gasteiger partial charge in [0.15, 0.2) is 11.5 Å². The van der Waals surface area contributed by atoms with Crippen molar-refractivity contribution in [3.8, 4) is 11.5 Å². The van der Waals surface area contributed by atoms with E-state index in [4.69, 9.17) is 9.47 Å². The Bertz CT molecular complexity index is 885. The molecule has 0 atom stereocenters. The fourth-order valence-electron chi connectivity index (χ4n) is 2.88. The van der Waals surface area contributed by atoms with Gasteiger partial charge in [0.05, 0.1) is 13.2 Å². The van der Waals surface area contributed by atoms with Crippen molar-refractivity contribution in [1.82, 2.24) is 4.90 Å². The fourth-order valence-corrected chi connectivity index (χ4v) is 2.88. The van der Waals surface area contributed by atoms with Crippen molar-refractivity contribution in [2.75, 3.05) is 25.5 Å². The first-order chi connectivity index (χ1) is 14.4. The molecule has 0 bridgehead atoms. The van der Waals surface area contributed by atoms with E-state index in [-0.39, 0.29) is 17.9 Å². The molecular weight excluding hydrogens is 380 g/mol. The van der Waals surface area contributed by atoms with E-state index in [2.05, 4.69) is 5.32 Å². The minimum absolute atomic E-state index is 0.0170. The summed E-state index contributed by atoms with van der Waals surface area (Å²) < 4.78 is 11.1. The Labute approximate surface area is 178 Å². The number of methoxy groups -OCH3 is 1. The van der Waals surface area contributed by atoms with E-state index in [1.165, 1.54) is 6.08 Å². The van der Waals surface area contributed by atoms with Gasteiger partial charge in [-0.2, -0.15) is 0 Å². The molecule has 160 valence electrons. The molecule has 2 amide bonds. The third-order valence-corrected chi connectivity index (χ3v) is 4.43. The van der Waals surface area contributed by atoms with Crippen LogP contribution in [0.5, 0.6) is 11.5 Å². The van der Waals surface area contributed by atoms with Crippen LogP contribution in [0.15, 0.2) is 48.5 Å². The lowest BCUT2D eigenvalue weighted by atomic mass is 10.1. The number of nitrogens with one attached hydrogen (secondary N) is 1. The molecule has 1 N–H and O–H groups in total. The minimum atomic E-state index is -0.265. The molecule has 2 rings (SSSR count). The van der Waals surface area contributed by atoms with Crippen molar-refractivity contribution in [2.45, 2.75) is 33.8 Å². The average molecular weight is 411 g/mol. The summed E-state index contributed by atoms with van der Waals surface area (Å²) in [5, 5.41) is 2.80. The van der Waals surface area contributed by atoms with Crippen LogP contribution in [-0.4, -0.2) is 43.0 Å². The Morgan fingerprint density at radius 3 is 2.27 bits per heavy atom. The van der Waals surface area contributed by atoms with E-state index in [9.17, 15) is 9.59 Å². The molecule has 30 heavy (non-hydrogen) atoms. The molecule has 6 heteroatoms. The van der Waals surface area contributed by atoms with E-state index in [1.54, 1.807) is 42.4 Å². The number of ether oxygens (including phenoxy) is 2. The smallest absolute Gasteiger partial charge is 0.253 e. The Kier molecular flexibility index (Phi) is 8.47. The van der Waals surface area contributed by atoms with Gasteiger partial charge in [-0.1, -0.05) is 6.07 Å². The molecule has 0 unspecified atom stereocenters. The summed E-state index contributed by atoms with van der Waals surface area (Å²) in [6.07, 6.45) is 3.20. The van der Waals surface area contributed by atoms with Crippen molar-refractivity contribution in [1.29, 1.82) is 0 Å². The fraction of sp³-hybridized carbons (Fsp3) is 0.333. The van der Waals surface area contributed by atoms with Gasteiger partial charge in [0.25, 0.3) is 5.91 Å². The number of carbonyl (C=O) groups excluding carboxylic acids is 2. The highest BCUT2D eigenvalue weighted by Crippen LogP contribution is 2.29. The Balaban J connectivity index is 2.01. The van der Waals surface area contributed by atoms with Crippen LogP contribution in [0.3, 0.4) is 0 Å². The third kappa shape index (κ3) is 6.37. The Morgan fingerprint density at radius 1 is 1.03 bits per heavy atom. The Morgan fingerprint density at radius 2 is 1.70 bits per heavy atom. The summed E-state index contributed by atoms with van der Waals surface area (Å²) in [6, 6.07) is 12.4. The largest absolute Gasteiger partial charge is 0.493 e. The van der Waals surface area contributed by atoms with Crippen molar-refractivity contribution in [2.24, 2.45) is 0 Å². The lowest BCUT2D eigenvalue weighted by Crippen LogP contribution is -2.30. The minimum Gasteiger partial charge on any atom is -0.493 e. The van der Waals surface area contributed by atoms with Crippen molar-refractivity contribution in [3.63, 3.8) is 0 Å². The van der Waals surface area contributed by atoms with Crippen LogP contribution >= 0.6 is 0 Å². The zero-order valence-corrected chi connectivity index (χ0v) is 18.3. The third-order valence-electron chi connectivity index (χ3n) is 4.43. The second kappa shape index (κ2) is 11.0. The number of anilines is 1. The molecule has 6 nitrogen and oxygen atoms in total. The van der Waals surface area contributed by atoms with Gasteiger partial charge in [0.1, 0.15) is 0 Å². The standard InChI is InChI=1S/C24H30N2O4/c1-6-26(7-2)24(28)19-10-12-20(13-11-19)25-23(27)15-9-18-8-14-21(30-17(3)4)22(16-18)29-5/h8-17H,6-7H2,1-5H3,(H,25,27)/b15-9+. The molecule has 0 aliphatic carbocycles. The summed E-state index contributed by atoms with van der Waals surface area (Å²) in [5.41, 5.74) is 2.04. The molecular formula is C24H30N2O4. The molecule has 0 fully saturated rings. The summed E-state index contributed by atoms with van der Waals surface area (Å²) in [5.74, 6) is 0.990. The van der Waals surface area contributed by atoms with E-state index < -0.39 is 0 Å². The van der Waals surface area contributed by atoms with Crippen LogP contribution in [-0.2, 0) is 4.79 Å². The number of rotatable bonds is 9. The van der Waals surface area contributed by atoms with Gasteiger partial charge in [0, 0.05) is 30.4 Å². The molecule has 0 aromatic heterocycles. The second-order valence-corrected chi connectivity index (χ2v) is 6.95. The van der Waals surface area contributed by atoms with E-state index in [0.717, 1.165) is 5.56 Å². The lowest BCUT2D eigenvalue weighted by Gasteiger charge is -2.18. The monoisotopic (exact) mass is 410 g/mol. The summed E-state index contributed by atoms with van der Waals surface area (Å²) in [6.45, 7) is 9.11. The number of benzene rings is 2. The van der Waals surface area contributed by atoms with Crippen LogP contribution in [0, 0.1) is 0 Å². The molecule has 0 heterocycles. The highest BCUT2D eigenvalue weighted by atomic mass is 16.5. The predicted octanol–water partition coefficient (Wildman–Crippen LogP) is 4.62. The highest BCUT2D eigenvalue weighted by Gasteiger charge is 2.12.